The zero-order chi connectivity index (χ0) is 17.3. The zero-order valence-electron chi connectivity index (χ0n) is 14.6. The van der Waals surface area contributed by atoms with Gasteiger partial charge in [0.2, 0.25) is 0 Å². The van der Waals surface area contributed by atoms with Gasteiger partial charge in [-0.1, -0.05) is 12.5 Å². The van der Waals surface area contributed by atoms with Gasteiger partial charge in [-0.25, -0.2) is 4.39 Å². The molecule has 2 aromatic rings. The molecule has 0 bridgehead atoms. The molecule has 1 unspecified atom stereocenters. The molecule has 0 saturated carbocycles. The highest BCUT2D eigenvalue weighted by molar-refractivity contribution is 5.78. The Bertz CT molecular complexity index is 747. The summed E-state index contributed by atoms with van der Waals surface area (Å²) in [7, 11) is 0. The van der Waals surface area contributed by atoms with Crippen LogP contribution in [0.15, 0.2) is 30.3 Å². The summed E-state index contributed by atoms with van der Waals surface area (Å²) < 4.78 is 13.3. The second kappa shape index (κ2) is 6.98. The molecule has 1 atom stereocenters. The summed E-state index contributed by atoms with van der Waals surface area (Å²) in [6, 6.07) is 8.58. The minimum Gasteiger partial charge on any atom is -0.387 e. The standard InChI is InChI=1S/C20H26FN3O/c21-17-5-7-19-16(12-17)4-6-18(22-19)13-24-11-8-20(25,15-24)14-23-9-2-1-3-10-23/h4-7,12,25H,1-3,8-11,13-15H2. The number of piperidine rings is 1. The highest BCUT2D eigenvalue weighted by Crippen LogP contribution is 2.25. The Morgan fingerprint density at radius 3 is 2.72 bits per heavy atom. The number of likely N-dealkylation sites (tertiary alicyclic amines) is 2. The summed E-state index contributed by atoms with van der Waals surface area (Å²) in [5.41, 5.74) is 1.19. The van der Waals surface area contributed by atoms with Crippen LogP contribution in [0.2, 0.25) is 0 Å². The van der Waals surface area contributed by atoms with Crippen LogP contribution in [-0.2, 0) is 6.54 Å². The van der Waals surface area contributed by atoms with Crippen LogP contribution < -0.4 is 0 Å². The first-order valence-corrected chi connectivity index (χ1v) is 9.32. The minimum atomic E-state index is -0.600. The molecular weight excluding hydrogens is 317 g/mol. The molecule has 134 valence electrons. The summed E-state index contributed by atoms with van der Waals surface area (Å²) in [5, 5.41) is 11.8. The van der Waals surface area contributed by atoms with Crippen molar-refractivity contribution in [3.05, 3.63) is 41.8 Å². The lowest BCUT2D eigenvalue weighted by molar-refractivity contribution is 0.00628. The van der Waals surface area contributed by atoms with Gasteiger partial charge in [0.1, 0.15) is 5.82 Å². The Kier molecular flexibility index (Phi) is 4.71. The van der Waals surface area contributed by atoms with Crippen molar-refractivity contribution in [1.82, 2.24) is 14.8 Å². The summed E-state index contributed by atoms with van der Waals surface area (Å²) in [4.78, 5) is 9.33. The van der Waals surface area contributed by atoms with E-state index < -0.39 is 5.60 Å². The van der Waals surface area contributed by atoms with Gasteiger partial charge < -0.3 is 10.0 Å². The maximum atomic E-state index is 13.3. The zero-order valence-corrected chi connectivity index (χ0v) is 14.6. The topological polar surface area (TPSA) is 39.6 Å². The van der Waals surface area contributed by atoms with Crippen LogP contribution in [0.1, 0.15) is 31.4 Å². The van der Waals surface area contributed by atoms with Gasteiger partial charge in [-0.2, -0.15) is 0 Å². The van der Waals surface area contributed by atoms with Crippen LogP contribution in [0, 0.1) is 5.82 Å². The van der Waals surface area contributed by atoms with Gasteiger partial charge >= 0.3 is 0 Å². The van der Waals surface area contributed by atoms with Gasteiger partial charge in [0.15, 0.2) is 0 Å². The van der Waals surface area contributed by atoms with Crippen LogP contribution in [0.3, 0.4) is 0 Å². The monoisotopic (exact) mass is 343 g/mol. The Morgan fingerprint density at radius 1 is 1.04 bits per heavy atom. The molecule has 4 nitrogen and oxygen atoms in total. The van der Waals surface area contributed by atoms with E-state index in [4.69, 9.17) is 0 Å². The fourth-order valence-corrected chi connectivity index (χ4v) is 4.19. The van der Waals surface area contributed by atoms with Crippen molar-refractivity contribution in [3.63, 3.8) is 0 Å². The van der Waals surface area contributed by atoms with Crippen molar-refractivity contribution in [3.8, 4) is 0 Å². The molecule has 2 fully saturated rings. The maximum Gasteiger partial charge on any atom is 0.123 e. The number of nitrogens with zero attached hydrogens (tertiary/aromatic N) is 3. The molecule has 5 heteroatoms. The fourth-order valence-electron chi connectivity index (χ4n) is 4.19. The highest BCUT2D eigenvalue weighted by Gasteiger charge is 2.37. The number of aliphatic hydroxyl groups is 1. The largest absolute Gasteiger partial charge is 0.387 e. The number of rotatable bonds is 4. The third-order valence-electron chi connectivity index (χ3n) is 5.47. The average molecular weight is 343 g/mol. The number of aromatic nitrogens is 1. The predicted octanol–water partition coefficient (Wildman–Crippen LogP) is 2.80. The summed E-state index contributed by atoms with van der Waals surface area (Å²) in [5.74, 6) is -0.232. The van der Waals surface area contributed by atoms with Crippen molar-refractivity contribution in [2.24, 2.45) is 0 Å². The Balaban J connectivity index is 1.39. The van der Waals surface area contributed by atoms with E-state index >= 15 is 0 Å². The molecule has 0 radical (unpaired) electrons. The number of pyridine rings is 1. The molecule has 3 heterocycles. The van der Waals surface area contributed by atoms with Crippen molar-refractivity contribution < 1.29 is 9.50 Å². The van der Waals surface area contributed by atoms with Crippen LogP contribution in [0.4, 0.5) is 4.39 Å². The first-order valence-electron chi connectivity index (χ1n) is 9.32. The third kappa shape index (κ3) is 4.00. The maximum absolute atomic E-state index is 13.3. The van der Waals surface area contributed by atoms with E-state index in [1.165, 1.54) is 31.4 Å². The lowest BCUT2D eigenvalue weighted by Gasteiger charge is -2.33. The minimum absolute atomic E-state index is 0.232. The average Bonchev–Trinajstić information content (AvgIpc) is 2.96. The SMILES string of the molecule is OC1(CN2CCCCC2)CCN(Cc2ccc3cc(F)ccc3n2)C1. The summed E-state index contributed by atoms with van der Waals surface area (Å²) in [6.45, 7) is 5.35. The summed E-state index contributed by atoms with van der Waals surface area (Å²) >= 11 is 0. The van der Waals surface area contributed by atoms with Gasteiger partial charge in [0.05, 0.1) is 16.8 Å². The molecular formula is C20H26FN3O. The van der Waals surface area contributed by atoms with Crippen molar-refractivity contribution in [1.29, 1.82) is 0 Å². The Labute approximate surface area is 148 Å². The molecule has 4 rings (SSSR count). The summed E-state index contributed by atoms with van der Waals surface area (Å²) in [6.07, 6.45) is 4.64. The first kappa shape index (κ1) is 16.9. The van der Waals surface area contributed by atoms with E-state index in [2.05, 4.69) is 14.8 Å². The van der Waals surface area contributed by atoms with Gasteiger partial charge in [0.25, 0.3) is 0 Å². The molecule has 1 aromatic heterocycles. The Morgan fingerprint density at radius 2 is 1.88 bits per heavy atom. The fraction of sp³-hybridized carbons (Fsp3) is 0.550. The van der Waals surface area contributed by atoms with E-state index in [1.807, 2.05) is 12.1 Å². The number of hydrogen-bond donors (Lipinski definition) is 1. The second-order valence-corrected chi connectivity index (χ2v) is 7.66. The van der Waals surface area contributed by atoms with E-state index in [9.17, 15) is 9.50 Å². The van der Waals surface area contributed by atoms with Crippen molar-refractivity contribution in [2.45, 2.75) is 37.8 Å². The molecule has 0 aliphatic carbocycles. The lowest BCUT2D eigenvalue weighted by atomic mass is 10.0. The van der Waals surface area contributed by atoms with Crippen LogP contribution >= 0.6 is 0 Å². The van der Waals surface area contributed by atoms with E-state index in [1.54, 1.807) is 6.07 Å². The molecule has 0 amide bonds. The molecule has 2 saturated heterocycles. The van der Waals surface area contributed by atoms with Gasteiger partial charge in [0, 0.05) is 31.6 Å². The second-order valence-electron chi connectivity index (χ2n) is 7.66. The predicted molar refractivity (Wildman–Crippen MR) is 96.8 cm³/mol. The molecule has 0 spiro atoms. The third-order valence-corrected chi connectivity index (χ3v) is 5.47. The van der Waals surface area contributed by atoms with Crippen molar-refractivity contribution in [2.75, 3.05) is 32.7 Å². The van der Waals surface area contributed by atoms with E-state index in [0.717, 1.165) is 55.7 Å². The van der Waals surface area contributed by atoms with E-state index in [-0.39, 0.29) is 5.82 Å². The number of β-amino-alcohol motifs (C(OH)–C–C–N with tert-alkyl or cyclic N) is 1. The lowest BCUT2D eigenvalue weighted by Crippen LogP contribution is -2.46. The van der Waals surface area contributed by atoms with Gasteiger partial charge in [-0.05, 0) is 56.6 Å². The van der Waals surface area contributed by atoms with Crippen molar-refractivity contribution >= 4 is 10.9 Å². The number of benzene rings is 1. The van der Waals surface area contributed by atoms with Crippen LogP contribution in [-0.4, -0.2) is 58.2 Å². The quantitative estimate of drug-likeness (QED) is 0.927. The molecule has 2 aliphatic rings. The van der Waals surface area contributed by atoms with E-state index in [0.29, 0.717) is 6.54 Å². The first-order chi connectivity index (χ1) is 12.1. The van der Waals surface area contributed by atoms with Gasteiger partial charge in [-0.15, -0.1) is 0 Å². The molecule has 1 N–H and O–H groups in total. The highest BCUT2D eigenvalue weighted by atomic mass is 19.1. The molecule has 1 aromatic carbocycles. The van der Waals surface area contributed by atoms with Crippen LogP contribution in [0.5, 0.6) is 0 Å². The number of hydrogen-bond acceptors (Lipinski definition) is 4. The smallest absolute Gasteiger partial charge is 0.123 e. The number of fused-ring (bicyclic) bond motifs is 1. The molecule has 2 aliphatic heterocycles. The Hall–Kier alpha value is -1.56. The van der Waals surface area contributed by atoms with Crippen LogP contribution in [0.25, 0.3) is 10.9 Å². The number of halogens is 1. The normalized spacial score (nSPS) is 25.7. The molecule has 25 heavy (non-hydrogen) atoms. The van der Waals surface area contributed by atoms with Gasteiger partial charge in [-0.3, -0.25) is 9.88 Å².